The van der Waals surface area contributed by atoms with Crippen molar-refractivity contribution in [3.8, 4) is 0 Å². The first-order chi connectivity index (χ1) is 25.0. The second-order valence-corrected chi connectivity index (χ2v) is 17.5. The van der Waals surface area contributed by atoms with Gasteiger partial charge in [-0.05, 0) is 44.9 Å². The molecular weight excluding hydrogens is 671 g/mol. The molecule has 52 heavy (non-hydrogen) atoms. The van der Waals surface area contributed by atoms with Gasteiger partial charge in [-0.15, -0.1) is 0 Å². The van der Waals surface area contributed by atoms with Crippen molar-refractivity contribution >= 4 is 13.7 Å². The molecule has 0 spiro atoms. The third kappa shape index (κ3) is 37.3. The van der Waals surface area contributed by atoms with Gasteiger partial charge in [0.2, 0.25) is 5.91 Å². The number of hydrogen-bond donors (Lipinski definition) is 3. The van der Waals surface area contributed by atoms with Crippen molar-refractivity contribution in [3.05, 3.63) is 24.3 Å². The first-order valence-corrected chi connectivity index (χ1v) is 23.2. The summed E-state index contributed by atoms with van der Waals surface area (Å²) in [5.74, 6) is -0.153. The Hall–Kier alpha value is -1.02. The standard InChI is InChI=1S/C43H85N2O6P/c1-6-8-10-12-14-16-18-20-21-22-23-25-27-29-31-33-35-37-43(47)44-41(40-51-52(48,49)50-39-38-45(3,4)5)42(46)36-34-32-30-28-26-24-19-17-15-13-11-9-7-2/h14,16,20-21,41-42,46H,6-13,15,17-19,22-40H2,1-5H3,(H-,44,47,48,49)/p+1/b16-14-,21-20-. The number of nitrogens with one attached hydrogen (secondary N) is 1. The van der Waals surface area contributed by atoms with Crippen LogP contribution in [-0.4, -0.2) is 73.4 Å². The van der Waals surface area contributed by atoms with Gasteiger partial charge in [0, 0.05) is 6.42 Å². The van der Waals surface area contributed by atoms with E-state index in [0.717, 1.165) is 51.4 Å². The zero-order valence-electron chi connectivity index (χ0n) is 34.8. The molecule has 0 bridgehead atoms. The maximum Gasteiger partial charge on any atom is 0.472 e. The molecule has 3 atom stereocenters. The number of quaternary nitrogens is 1. The number of amides is 1. The molecule has 0 fully saturated rings. The van der Waals surface area contributed by atoms with Gasteiger partial charge in [-0.2, -0.15) is 0 Å². The van der Waals surface area contributed by atoms with E-state index in [1.54, 1.807) is 0 Å². The van der Waals surface area contributed by atoms with E-state index in [-0.39, 0.29) is 19.1 Å². The summed E-state index contributed by atoms with van der Waals surface area (Å²) in [5.41, 5.74) is 0. The highest BCUT2D eigenvalue weighted by molar-refractivity contribution is 7.47. The van der Waals surface area contributed by atoms with Crippen LogP contribution in [0, 0.1) is 0 Å². The quantitative estimate of drug-likeness (QED) is 0.0250. The van der Waals surface area contributed by atoms with Crippen molar-refractivity contribution in [1.82, 2.24) is 5.32 Å². The second-order valence-electron chi connectivity index (χ2n) is 16.1. The average molecular weight is 758 g/mol. The number of allylic oxidation sites excluding steroid dienone is 4. The Labute approximate surface area is 322 Å². The Balaban J connectivity index is 4.39. The van der Waals surface area contributed by atoms with Gasteiger partial charge in [-0.1, -0.05) is 167 Å². The number of carbonyl (C=O) groups is 1. The molecule has 0 aromatic heterocycles. The van der Waals surface area contributed by atoms with Crippen LogP contribution in [0.5, 0.6) is 0 Å². The van der Waals surface area contributed by atoms with Crippen LogP contribution in [0.4, 0.5) is 0 Å². The van der Waals surface area contributed by atoms with Crippen LogP contribution in [0.15, 0.2) is 24.3 Å². The largest absolute Gasteiger partial charge is 0.472 e. The Morgan fingerprint density at radius 2 is 1.10 bits per heavy atom. The molecule has 0 saturated carbocycles. The number of phosphoric acid groups is 1. The van der Waals surface area contributed by atoms with E-state index < -0.39 is 20.0 Å². The predicted molar refractivity (Wildman–Crippen MR) is 221 cm³/mol. The Kier molecular flexibility index (Phi) is 35.0. The summed E-state index contributed by atoms with van der Waals surface area (Å²) in [6, 6.07) is -0.761. The molecule has 0 rings (SSSR count). The maximum absolute atomic E-state index is 12.9. The second kappa shape index (κ2) is 35.7. The van der Waals surface area contributed by atoms with Crippen LogP contribution >= 0.6 is 7.82 Å². The lowest BCUT2D eigenvalue weighted by Crippen LogP contribution is -2.46. The lowest BCUT2D eigenvalue weighted by Gasteiger charge is -2.26. The summed E-state index contributed by atoms with van der Waals surface area (Å²) in [5, 5.41) is 13.9. The molecular formula is C43H86N2O6P+. The molecule has 0 aliphatic carbocycles. The number of aliphatic hydroxyl groups is 1. The van der Waals surface area contributed by atoms with E-state index in [1.807, 2.05) is 21.1 Å². The van der Waals surface area contributed by atoms with E-state index >= 15 is 0 Å². The van der Waals surface area contributed by atoms with Gasteiger partial charge in [0.05, 0.1) is 39.9 Å². The number of aliphatic hydroxyl groups excluding tert-OH is 1. The Morgan fingerprint density at radius 1 is 0.654 bits per heavy atom. The molecule has 0 aromatic rings. The predicted octanol–water partition coefficient (Wildman–Crippen LogP) is 11.7. The third-order valence-corrected chi connectivity index (χ3v) is 10.7. The Bertz CT molecular complexity index is 907. The fraction of sp³-hybridized carbons (Fsp3) is 0.884. The lowest BCUT2D eigenvalue weighted by molar-refractivity contribution is -0.870. The zero-order chi connectivity index (χ0) is 38.6. The van der Waals surface area contributed by atoms with Crippen molar-refractivity contribution in [1.29, 1.82) is 0 Å². The number of rotatable bonds is 39. The molecule has 1 amide bonds. The minimum atomic E-state index is -4.31. The highest BCUT2D eigenvalue weighted by Crippen LogP contribution is 2.43. The molecule has 8 nitrogen and oxygen atoms in total. The smallest absolute Gasteiger partial charge is 0.391 e. The number of nitrogens with zero attached hydrogens (tertiary/aromatic N) is 1. The third-order valence-electron chi connectivity index (χ3n) is 9.70. The Morgan fingerprint density at radius 3 is 1.62 bits per heavy atom. The van der Waals surface area contributed by atoms with Gasteiger partial charge in [0.1, 0.15) is 13.2 Å². The fourth-order valence-electron chi connectivity index (χ4n) is 6.19. The summed E-state index contributed by atoms with van der Waals surface area (Å²) in [6.45, 7) is 4.85. The van der Waals surface area contributed by atoms with Gasteiger partial charge in [0.25, 0.3) is 0 Å². The molecule has 0 aliphatic rings. The molecule has 0 radical (unpaired) electrons. The zero-order valence-corrected chi connectivity index (χ0v) is 35.7. The van der Waals surface area contributed by atoms with E-state index in [0.29, 0.717) is 23.9 Å². The summed E-state index contributed by atoms with van der Waals surface area (Å²) < 4.78 is 23.6. The van der Waals surface area contributed by atoms with Crippen molar-refractivity contribution in [2.45, 2.75) is 206 Å². The van der Waals surface area contributed by atoms with E-state index in [4.69, 9.17) is 9.05 Å². The van der Waals surface area contributed by atoms with Crippen LogP contribution < -0.4 is 5.32 Å². The first-order valence-electron chi connectivity index (χ1n) is 21.7. The van der Waals surface area contributed by atoms with Gasteiger partial charge in [-0.25, -0.2) is 4.57 Å². The van der Waals surface area contributed by atoms with Crippen LogP contribution in [0.1, 0.15) is 194 Å². The SMILES string of the molecule is CCCCC/C=C\C/C=C\CCCCCCCCCC(=O)NC(COP(=O)(O)OCC[N+](C)(C)C)C(O)CCCCCCCCCCCCCCC. The van der Waals surface area contributed by atoms with E-state index in [2.05, 4.69) is 43.5 Å². The number of carbonyl (C=O) groups excluding carboxylic acids is 1. The monoisotopic (exact) mass is 758 g/mol. The van der Waals surface area contributed by atoms with Gasteiger partial charge >= 0.3 is 7.82 Å². The van der Waals surface area contributed by atoms with Crippen molar-refractivity contribution in [2.75, 3.05) is 40.9 Å². The molecule has 9 heteroatoms. The van der Waals surface area contributed by atoms with Crippen molar-refractivity contribution in [2.24, 2.45) is 0 Å². The lowest BCUT2D eigenvalue weighted by atomic mass is 10.0. The van der Waals surface area contributed by atoms with Gasteiger partial charge in [-0.3, -0.25) is 13.8 Å². The molecule has 308 valence electrons. The van der Waals surface area contributed by atoms with E-state index in [9.17, 15) is 19.4 Å². The van der Waals surface area contributed by atoms with Crippen molar-refractivity contribution < 1.29 is 32.9 Å². The minimum absolute atomic E-state index is 0.0734. The normalized spacial score (nSPS) is 14.7. The van der Waals surface area contributed by atoms with Crippen LogP contribution in [0.3, 0.4) is 0 Å². The van der Waals surface area contributed by atoms with Gasteiger partial charge < -0.3 is 19.8 Å². The number of likely N-dealkylation sites (N-methyl/N-ethyl adjacent to an activating group) is 1. The topological polar surface area (TPSA) is 105 Å². The summed E-state index contributed by atoms with van der Waals surface area (Å²) >= 11 is 0. The summed E-state index contributed by atoms with van der Waals surface area (Å²) in [4.78, 5) is 23.1. The molecule has 0 heterocycles. The molecule has 3 N–H and O–H groups in total. The minimum Gasteiger partial charge on any atom is -0.391 e. The highest BCUT2D eigenvalue weighted by atomic mass is 31.2. The maximum atomic E-state index is 12.9. The molecule has 0 aromatic carbocycles. The number of phosphoric ester groups is 1. The fourth-order valence-corrected chi connectivity index (χ4v) is 6.93. The summed E-state index contributed by atoms with van der Waals surface area (Å²) in [7, 11) is 1.61. The molecule has 0 saturated heterocycles. The van der Waals surface area contributed by atoms with Crippen molar-refractivity contribution in [3.63, 3.8) is 0 Å². The van der Waals surface area contributed by atoms with Crippen LogP contribution in [0.2, 0.25) is 0 Å². The van der Waals surface area contributed by atoms with E-state index in [1.165, 1.54) is 116 Å². The highest BCUT2D eigenvalue weighted by Gasteiger charge is 2.28. The van der Waals surface area contributed by atoms with Crippen LogP contribution in [0.25, 0.3) is 0 Å². The number of unbranched alkanes of at least 4 members (excludes halogenated alkanes) is 22. The number of hydrogen-bond acceptors (Lipinski definition) is 5. The van der Waals surface area contributed by atoms with Gasteiger partial charge in [0.15, 0.2) is 0 Å². The molecule has 3 unspecified atom stereocenters. The first kappa shape index (κ1) is 51.0. The molecule has 0 aliphatic heterocycles. The van der Waals surface area contributed by atoms with Crippen LogP contribution in [-0.2, 0) is 18.4 Å². The summed E-state index contributed by atoms with van der Waals surface area (Å²) in [6.07, 6.45) is 40.5. The average Bonchev–Trinajstić information content (AvgIpc) is 3.09.